The van der Waals surface area contributed by atoms with E-state index in [0.717, 1.165) is 12.8 Å². The van der Waals surface area contributed by atoms with E-state index >= 15 is 0 Å². The van der Waals surface area contributed by atoms with Crippen molar-refractivity contribution in [2.24, 2.45) is 5.73 Å². The topological polar surface area (TPSA) is 75.4 Å². The van der Waals surface area contributed by atoms with Crippen molar-refractivity contribution in [3.63, 3.8) is 0 Å². The zero-order chi connectivity index (χ0) is 13.4. The molecule has 5 nitrogen and oxygen atoms in total. The van der Waals surface area contributed by atoms with Gasteiger partial charge in [0.2, 0.25) is 5.91 Å². The maximum atomic E-state index is 11.5. The molecule has 0 aromatic heterocycles. The summed E-state index contributed by atoms with van der Waals surface area (Å²) in [6, 6.07) is 9.44. The van der Waals surface area contributed by atoms with Crippen LogP contribution in [-0.4, -0.2) is 37.0 Å². The molecular formula is C13H19N3O2. The van der Waals surface area contributed by atoms with Gasteiger partial charge in [-0.05, 0) is 18.4 Å². The molecule has 1 aromatic carbocycles. The van der Waals surface area contributed by atoms with Crippen LogP contribution in [0, 0.1) is 0 Å². The zero-order valence-electron chi connectivity index (χ0n) is 10.6. The first kappa shape index (κ1) is 14.0. The second kappa shape index (κ2) is 7.32. The quantitative estimate of drug-likeness (QED) is 0.780. The summed E-state index contributed by atoms with van der Waals surface area (Å²) in [5.41, 5.74) is 6.15. The van der Waals surface area contributed by atoms with Gasteiger partial charge in [0.05, 0.1) is 6.54 Å². The van der Waals surface area contributed by atoms with Gasteiger partial charge in [-0.3, -0.25) is 4.79 Å². The minimum Gasteiger partial charge on any atom is -0.352 e. The van der Waals surface area contributed by atoms with E-state index in [4.69, 9.17) is 5.73 Å². The van der Waals surface area contributed by atoms with E-state index in [9.17, 15) is 9.59 Å². The van der Waals surface area contributed by atoms with Gasteiger partial charge in [-0.25, -0.2) is 4.79 Å². The van der Waals surface area contributed by atoms with Crippen molar-refractivity contribution in [2.45, 2.75) is 12.8 Å². The number of nitrogens with zero attached hydrogens (tertiary/aromatic N) is 1. The molecule has 0 spiro atoms. The van der Waals surface area contributed by atoms with Gasteiger partial charge in [-0.2, -0.15) is 0 Å². The van der Waals surface area contributed by atoms with E-state index in [-0.39, 0.29) is 12.5 Å². The van der Waals surface area contributed by atoms with Crippen LogP contribution in [0.15, 0.2) is 30.3 Å². The number of aryl methyl sites for hydroxylation is 1. The second-order valence-electron chi connectivity index (χ2n) is 4.12. The average molecular weight is 249 g/mol. The first-order chi connectivity index (χ1) is 8.59. The first-order valence-electron chi connectivity index (χ1n) is 5.91. The van der Waals surface area contributed by atoms with Gasteiger partial charge in [0.15, 0.2) is 0 Å². The van der Waals surface area contributed by atoms with Gasteiger partial charge in [-0.1, -0.05) is 30.3 Å². The fraction of sp³-hybridized carbons (Fsp3) is 0.385. The highest BCUT2D eigenvalue weighted by Gasteiger charge is 2.08. The Hall–Kier alpha value is -2.04. The Morgan fingerprint density at radius 2 is 1.94 bits per heavy atom. The number of benzene rings is 1. The summed E-state index contributed by atoms with van der Waals surface area (Å²) >= 11 is 0. The molecule has 1 rings (SSSR count). The van der Waals surface area contributed by atoms with Crippen molar-refractivity contribution in [3.05, 3.63) is 35.9 Å². The maximum Gasteiger partial charge on any atom is 0.312 e. The third-order valence-electron chi connectivity index (χ3n) is 2.64. The van der Waals surface area contributed by atoms with Gasteiger partial charge >= 0.3 is 6.03 Å². The van der Waals surface area contributed by atoms with Crippen LogP contribution in [0.1, 0.15) is 12.0 Å². The van der Waals surface area contributed by atoms with Gasteiger partial charge in [0, 0.05) is 13.6 Å². The molecule has 0 saturated carbocycles. The molecule has 0 radical (unpaired) electrons. The minimum atomic E-state index is -0.680. The lowest BCUT2D eigenvalue weighted by molar-refractivity contribution is -0.128. The molecule has 0 unspecified atom stereocenters. The van der Waals surface area contributed by atoms with Crippen molar-refractivity contribution in [3.8, 4) is 0 Å². The first-order valence-corrected chi connectivity index (χ1v) is 5.91. The van der Waals surface area contributed by atoms with Crippen molar-refractivity contribution in [1.82, 2.24) is 10.2 Å². The standard InChI is InChI=1S/C13H19N3O2/c1-16(12(17)10-15-13(14)18)9-5-8-11-6-3-2-4-7-11/h2-4,6-7H,5,8-10H2,1H3,(H3,14,15,18). The highest BCUT2D eigenvalue weighted by molar-refractivity contribution is 5.83. The van der Waals surface area contributed by atoms with E-state index in [1.165, 1.54) is 5.56 Å². The van der Waals surface area contributed by atoms with Gasteiger partial charge in [0.25, 0.3) is 0 Å². The molecule has 3 N–H and O–H groups in total. The lowest BCUT2D eigenvalue weighted by Gasteiger charge is -2.17. The highest BCUT2D eigenvalue weighted by atomic mass is 16.2. The number of likely N-dealkylation sites (N-methyl/N-ethyl adjacent to an activating group) is 1. The summed E-state index contributed by atoms with van der Waals surface area (Å²) in [6.07, 6.45) is 1.82. The summed E-state index contributed by atoms with van der Waals surface area (Å²) in [6.45, 7) is 0.616. The van der Waals surface area contributed by atoms with Crippen LogP contribution in [0.4, 0.5) is 4.79 Å². The predicted molar refractivity (Wildman–Crippen MR) is 70.0 cm³/mol. The third-order valence-corrected chi connectivity index (χ3v) is 2.64. The number of amides is 3. The van der Waals surface area contributed by atoms with Crippen molar-refractivity contribution >= 4 is 11.9 Å². The lowest BCUT2D eigenvalue weighted by atomic mass is 10.1. The fourth-order valence-electron chi connectivity index (χ4n) is 1.59. The molecule has 0 saturated heterocycles. The third kappa shape index (κ3) is 5.34. The van der Waals surface area contributed by atoms with E-state index in [1.54, 1.807) is 11.9 Å². The molecule has 0 bridgehead atoms. The molecule has 0 heterocycles. The highest BCUT2D eigenvalue weighted by Crippen LogP contribution is 2.02. The van der Waals surface area contributed by atoms with Crippen LogP contribution in [0.25, 0.3) is 0 Å². The van der Waals surface area contributed by atoms with E-state index in [0.29, 0.717) is 6.54 Å². The molecule has 3 amide bonds. The Balaban J connectivity index is 2.22. The number of primary amides is 1. The van der Waals surface area contributed by atoms with Crippen molar-refractivity contribution in [2.75, 3.05) is 20.1 Å². The Labute approximate surface area is 107 Å². The number of carbonyl (C=O) groups excluding carboxylic acids is 2. The van der Waals surface area contributed by atoms with Gasteiger partial charge in [0.1, 0.15) is 0 Å². The van der Waals surface area contributed by atoms with Crippen LogP contribution in [-0.2, 0) is 11.2 Å². The number of nitrogens with one attached hydrogen (secondary N) is 1. The number of rotatable bonds is 6. The Kier molecular flexibility index (Phi) is 5.70. The molecular weight excluding hydrogens is 230 g/mol. The second-order valence-corrected chi connectivity index (χ2v) is 4.12. The summed E-state index contributed by atoms with van der Waals surface area (Å²) < 4.78 is 0. The van der Waals surface area contributed by atoms with Crippen LogP contribution in [0.3, 0.4) is 0 Å². The largest absolute Gasteiger partial charge is 0.352 e. The summed E-state index contributed by atoms with van der Waals surface area (Å²) in [5.74, 6) is -0.137. The Morgan fingerprint density at radius 3 is 2.56 bits per heavy atom. The lowest BCUT2D eigenvalue weighted by Crippen LogP contribution is -2.40. The molecule has 1 aromatic rings. The predicted octanol–water partition coefficient (Wildman–Crippen LogP) is 0.746. The molecule has 0 aliphatic heterocycles. The fourth-order valence-corrected chi connectivity index (χ4v) is 1.59. The molecule has 0 atom stereocenters. The van der Waals surface area contributed by atoms with Crippen LogP contribution >= 0.6 is 0 Å². The molecule has 0 aliphatic carbocycles. The van der Waals surface area contributed by atoms with E-state index < -0.39 is 6.03 Å². The van der Waals surface area contributed by atoms with Crippen molar-refractivity contribution in [1.29, 1.82) is 0 Å². The smallest absolute Gasteiger partial charge is 0.312 e. The zero-order valence-corrected chi connectivity index (χ0v) is 10.6. The monoisotopic (exact) mass is 249 g/mol. The number of hydrogen-bond donors (Lipinski definition) is 2. The van der Waals surface area contributed by atoms with Crippen LogP contribution in [0.5, 0.6) is 0 Å². The number of hydrogen-bond acceptors (Lipinski definition) is 2. The molecule has 5 heteroatoms. The average Bonchev–Trinajstić information content (AvgIpc) is 2.37. The summed E-state index contributed by atoms with van der Waals surface area (Å²) in [5, 5.41) is 2.28. The normalized spacial score (nSPS) is 9.83. The molecule has 98 valence electrons. The summed E-state index contributed by atoms with van der Waals surface area (Å²) in [7, 11) is 1.72. The SMILES string of the molecule is CN(CCCc1ccccc1)C(=O)CNC(N)=O. The number of carbonyl (C=O) groups is 2. The van der Waals surface area contributed by atoms with E-state index in [1.807, 2.05) is 18.2 Å². The minimum absolute atomic E-state index is 0.0445. The summed E-state index contributed by atoms with van der Waals surface area (Å²) in [4.78, 5) is 23.6. The van der Waals surface area contributed by atoms with Gasteiger partial charge < -0.3 is 16.0 Å². The van der Waals surface area contributed by atoms with Gasteiger partial charge in [-0.15, -0.1) is 0 Å². The Bertz CT molecular complexity index is 392. The number of urea groups is 1. The molecule has 0 aliphatic rings. The van der Waals surface area contributed by atoms with E-state index in [2.05, 4.69) is 17.4 Å². The van der Waals surface area contributed by atoms with Crippen LogP contribution in [0.2, 0.25) is 0 Å². The van der Waals surface area contributed by atoms with Crippen LogP contribution < -0.4 is 11.1 Å². The maximum absolute atomic E-state index is 11.5. The van der Waals surface area contributed by atoms with Crippen molar-refractivity contribution < 1.29 is 9.59 Å². The molecule has 0 fully saturated rings. The Morgan fingerprint density at radius 1 is 1.28 bits per heavy atom. The molecule has 18 heavy (non-hydrogen) atoms. The number of nitrogens with two attached hydrogens (primary N) is 1.